The van der Waals surface area contributed by atoms with E-state index in [2.05, 4.69) is 5.10 Å². The molecule has 3 aromatic rings. The number of amides is 2. The van der Waals surface area contributed by atoms with Crippen LogP contribution in [0, 0.1) is 6.92 Å². The number of esters is 1. The molecule has 4 rings (SSSR count). The lowest BCUT2D eigenvalue weighted by Crippen LogP contribution is -2.50. The smallest absolute Gasteiger partial charge is 0.341 e. The molecule has 0 bridgehead atoms. The molecule has 9 nitrogen and oxygen atoms in total. The maximum atomic E-state index is 13.0. The summed E-state index contributed by atoms with van der Waals surface area (Å²) in [5.41, 5.74) is 2.57. The fourth-order valence-electron chi connectivity index (χ4n) is 3.94. The van der Waals surface area contributed by atoms with Gasteiger partial charge in [-0.3, -0.25) is 9.59 Å². The van der Waals surface area contributed by atoms with Gasteiger partial charge in [0.2, 0.25) is 0 Å². The van der Waals surface area contributed by atoms with Gasteiger partial charge < -0.3 is 19.6 Å². The Balaban J connectivity index is 1.40. The van der Waals surface area contributed by atoms with Crippen LogP contribution < -0.4 is 0 Å². The number of para-hydroxylation sites is 1. The van der Waals surface area contributed by atoms with Crippen molar-refractivity contribution in [3.63, 3.8) is 0 Å². The van der Waals surface area contributed by atoms with E-state index in [0.717, 1.165) is 5.69 Å². The highest BCUT2D eigenvalue weighted by Gasteiger charge is 2.26. The molecule has 0 saturated carbocycles. The molecule has 0 spiro atoms. The largest absolute Gasteiger partial charge is 0.507 e. The number of aromatic hydroxyl groups is 1. The summed E-state index contributed by atoms with van der Waals surface area (Å²) in [4.78, 5) is 41.0. The fourth-order valence-corrected chi connectivity index (χ4v) is 3.94. The lowest BCUT2D eigenvalue weighted by Gasteiger charge is -2.35. The molecular weight excluding hydrogens is 436 g/mol. The van der Waals surface area contributed by atoms with Gasteiger partial charge in [0.05, 0.1) is 29.7 Å². The van der Waals surface area contributed by atoms with Crippen LogP contribution in [0.1, 0.15) is 43.7 Å². The Kier molecular flexibility index (Phi) is 6.62. The number of ether oxygens (including phenoxy) is 1. The second-order valence-electron chi connectivity index (χ2n) is 7.92. The summed E-state index contributed by atoms with van der Waals surface area (Å²) >= 11 is 0. The highest BCUT2D eigenvalue weighted by atomic mass is 16.5. The van der Waals surface area contributed by atoms with Crippen LogP contribution in [-0.2, 0) is 4.74 Å². The van der Waals surface area contributed by atoms with Gasteiger partial charge in [0, 0.05) is 31.7 Å². The third-order valence-electron chi connectivity index (χ3n) is 5.85. The van der Waals surface area contributed by atoms with Gasteiger partial charge in [0.1, 0.15) is 11.3 Å². The topological polar surface area (TPSA) is 105 Å². The molecular formula is C25H26N4O5. The van der Waals surface area contributed by atoms with Crippen LogP contribution in [-0.4, -0.2) is 75.3 Å². The Labute approximate surface area is 197 Å². The highest BCUT2D eigenvalue weighted by Crippen LogP contribution is 2.20. The normalized spacial score (nSPS) is 13.6. The summed E-state index contributed by atoms with van der Waals surface area (Å²) in [6.07, 6.45) is 1.47. The number of nitrogens with zero attached hydrogens (tertiary/aromatic N) is 4. The Morgan fingerprint density at radius 2 is 1.53 bits per heavy atom. The second-order valence-corrected chi connectivity index (χ2v) is 7.92. The van der Waals surface area contributed by atoms with Crippen molar-refractivity contribution in [2.24, 2.45) is 0 Å². The van der Waals surface area contributed by atoms with Crippen LogP contribution in [0.15, 0.2) is 54.7 Å². The minimum Gasteiger partial charge on any atom is -0.507 e. The van der Waals surface area contributed by atoms with Gasteiger partial charge in [0.25, 0.3) is 11.8 Å². The van der Waals surface area contributed by atoms with Crippen molar-refractivity contribution >= 4 is 17.8 Å². The van der Waals surface area contributed by atoms with Crippen LogP contribution >= 0.6 is 0 Å². The van der Waals surface area contributed by atoms with E-state index >= 15 is 0 Å². The average Bonchev–Trinajstić information content (AvgIpc) is 3.25. The summed E-state index contributed by atoms with van der Waals surface area (Å²) in [5.74, 6) is -0.831. The highest BCUT2D eigenvalue weighted by molar-refractivity contribution is 5.97. The van der Waals surface area contributed by atoms with Gasteiger partial charge >= 0.3 is 5.97 Å². The second kappa shape index (κ2) is 9.78. The monoisotopic (exact) mass is 462 g/mol. The molecule has 2 heterocycles. The molecule has 0 atom stereocenters. The zero-order valence-electron chi connectivity index (χ0n) is 19.1. The van der Waals surface area contributed by atoms with Crippen molar-refractivity contribution < 1.29 is 24.2 Å². The molecule has 0 aliphatic carbocycles. The Morgan fingerprint density at radius 3 is 2.15 bits per heavy atom. The maximum absolute atomic E-state index is 13.0. The van der Waals surface area contributed by atoms with Gasteiger partial charge in [-0.1, -0.05) is 12.1 Å². The predicted octanol–water partition coefficient (Wildman–Crippen LogP) is 2.66. The van der Waals surface area contributed by atoms with Crippen LogP contribution in [0.4, 0.5) is 0 Å². The van der Waals surface area contributed by atoms with E-state index in [1.807, 2.05) is 0 Å². The number of rotatable bonds is 5. The van der Waals surface area contributed by atoms with E-state index in [1.165, 1.54) is 12.3 Å². The summed E-state index contributed by atoms with van der Waals surface area (Å²) < 4.78 is 6.68. The van der Waals surface area contributed by atoms with E-state index in [1.54, 1.807) is 70.8 Å². The Bertz CT molecular complexity index is 1210. The van der Waals surface area contributed by atoms with Crippen molar-refractivity contribution in [3.8, 4) is 11.4 Å². The third-order valence-corrected chi connectivity index (χ3v) is 5.85. The first-order chi connectivity index (χ1) is 16.4. The zero-order chi connectivity index (χ0) is 24.2. The molecule has 2 aromatic carbocycles. The quantitative estimate of drug-likeness (QED) is 0.585. The van der Waals surface area contributed by atoms with Crippen molar-refractivity contribution in [1.29, 1.82) is 0 Å². The van der Waals surface area contributed by atoms with Gasteiger partial charge in [-0.15, -0.1) is 0 Å². The molecule has 176 valence electrons. The molecule has 2 amide bonds. The minimum atomic E-state index is -0.418. The lowest BCUT2D eigenvalue weighted by molar-refractivity contribution is 0.0525. The van der Waals surface area contributed by atoms with Crippen molar-refractivity contribution in [2.75, 3.05) is 32.8 Å². The molecule has 1 N–H and O–H groups in total. The number of hydrogen-bond donors (Lipinski definition) is 1. The number of carbonyl (C=O) groups is 3. The van der Waals surface area contributed by atoms with E-state index in [-0.39, 0.29) is 29.7 Å². The number of phenols is 1. The molecule has 1 saturated heterocycles. The fraction of sp³-hybridized carbons (Fsp3) is 0.280. The summed E-state index contributed by atoms with van der Waals surface area (Å²) in [6.45, 7) is 5.41. The number of piperazine rings is 1. The SMILES string of the molecule is CCOC(=O)c1cnn(-c2ccc(C(=O)N3CCN(C(=O)c4ccccc4O)CC3)cc2)c1C. The van der Waals surface area contributed by atoms with Gasteiger partial charge in [-0.25, -0.2) is 9.48 Å². The number of phenolic OH excluding ortho intramolecular Hbond substituents is 1. The Morgan fingerprint density at radius 1 is 0.912 bits per heavy atom. The standard InChI is InChI=1S/C25H26N4O5/c1-3-34-25(33)21-16-26-29(17(21)2)19-10-8-18(9-11-19)23(31)27-12-14-28(15-13-27)24(32)20-6-4-5-7-22(20)30/h4-11,16,30H,3,12-15H2,1-2H3. The predicted molar refractivity (Wildman–Crippen MR) is 124 cm³/mol. The average molecular weight is 463 g/mol. The van der Waals surface area contributed by atoms with E-state index < -0.39 is 5.97 Å². The molecule has 9 heteroatoms. The van der Waals surface area contributed by atoms with Crippen molar-refractivity contribution in [3.05, 3.63) is 77.1 Å². The first kappa shape index (κ1) is 23.0. The van der Waals surface area contributed by atoms with E-state index in [0.29, 0.717) is 43.0 Å². The van der Waals surface area contributed by atoms with E-state index in [4.69, 9.17) is 4.74 Å². The molecule has 1 fully saturated rings. The third kappa shape index (κ3) is 4.50. The lowest BCUT2D eigenvalue weighted by atomic mass is 10.1. The summed E-state index contributed by atoms with van der Waals surface area (Å²) in [7, 11) is 0. The Hall–Kier alpha value is -4.14. The molecule has 1 aliphatic rings. The number of aromatic nitrogens is 2. The van der Waals surface area contributed by atoms with Crippen molar-refractivity contribution in [1.82, 2.24) is 19.6 Å². The number of hydrogen-bond acceptors (Lipinski definition) is 6. The van der Waals surface area contributed by atoms with Crippen molar-refractivity contribution in [2.45, 2.75) is 13.8 Å². The van der Waals surface area contributed by atoms with Gasteiger partial charge in [-0.2, -0.15) is 5.10 Å². The zero-order valence-corrected chi connectivity index (χ0v) is 19.1. The number of carbonyl (C=O) groups excluding carboxylic acids is 3. The molecule has 1 aromatic heterocycles. The summed E-state index contributed by atoms with van der Waals surface area (Å²) in [5, 5.41) is 14.2. The first-order valence-corrected chi connectivity index (χ1v) is 11.1. The van der Waals surface area contributed by atoms with Crippen LogP contribution in [0.3, 0.4) is 0 Å². The van der Waals surface area contributed by atoms with Crippen LogP contribution in [0.2, 0.25) is 0 Å². The minimum absolute atomic E-state index is 0.0482. The summed E-state index contributed by atoms with van der Waals surface area (Å²) in [6, 6.07) is 13.5. The van der Waals surface area contributed by atoms with Gasteiger partial charge in [-0.05, 0) is 50.2 Å². The molecule has 0 radical (unpaired) electrons. The molecule has 1 aliphatic heterocycles. The van der Waals surface area contributed by atoms with Crippen LogP contribution in [0.5, 0.6) is 5.75 Å². The molecule has 34 heavy (non-hydrogen) atoms. The molecule has 0 unspecified atom stereocenters. The van der Waals surface area contributed by atoms with E-state index in [9.17, 15) is 19.5 Å². The maximum Gasteiger partial charge on any atom is 0.341 e. The number of benzene rings is 2. The van der Waals surface area contributed by atoms with Gasteiger partial charge in [0.15, 0.2) is 0 Å². The van der Waals surface area contributed by atoms with Crippen LogP contribution in [0.25, 0.3) is 5.69 Å². The first-order valence-electron chi connectivity index (χ1n) is 11.1.